The molecule has 0 atom stereocenters. The molecule has 7 heteroatoms. The van der Waals surface area contributed by atoms with Gasteiger partial charge in [0.05, 0.1) is 12.8 Å². The lowest BCUT2D eigenvalue weighted by molar-refractivity contribution is -0.123. The van der Waals surface area contributed by atoms with E-state index in [1.54, 1.807) is 17.5 Å². The van der Waals surface area contributed by atoms with Crippen molar-refractivity contribution in [2.75, 3.05) is 6.61 Å². The van der Waals surface area contributed by atoms with E-state index in [1.807, 2.05) is 0 Å². The molecule has 0 bridgehead atoms. The van der Waals surface area contributed by atoms with Crippen molar-refractivity contribution in [3.63, 3.8) is 0 Å². The van der Waals surface area contributed by atoms with Gasteiger partial charge in [-0.15, -0.1) is 11.3 Å². The number of aromatic carboxylic acids is 1. The van der Waals surface area contributed by atoms with Gasteiger partial charge in [-0.1, -0.05) is 0 Å². The number of rotatable bonds is 6. The first kappa shape index (κ1) is 13.2. The van der Waals surface area contributed by atoms with E-state index < -0.39 is 5.97 Å². The third-order valence-corrected chi connectivity index (χ3v) is 3.09. The minimum absolute atomic E-state index is 0.170. The monoisotopic (exact) mass is 281 g/mol. The number of carbonyl (C=O) groups is 2. The summed E-state index contributed by atoms with van der Waals surface area (Å²) < 4.78 is 10.2. The maximum absolute atomic E-state index is 11.5. The molecule has 19 heavy (non-hydrogen) atoms. The lowest BCUT2D eigenvalue weighted by Crippen LogP contribution is -2.28. The van der Waals surface area contributed by atoms with E-state index in [2.05, 4.69) is 5.32 Å². The van der Waals surface area contributed by atoms with Crippen LogP contribution in [0.2, 0.25) is 0 Å². The number of carboxylic acid groups (broad SMARTS) is 1. The molecule has 0 aliphatic heterocycles. The molecular formula is C12H11NO5S. The molecule has 2 aromatic heterocycles. The molecule has 0 saturated heterocycles. The van der Waals surface area contributed by atoms with Crippen molar-refractivity contribution in [1.29, 1.82) is 0 Å². The Bertz CT molecular complexity index is 560. The molecule has 0 radical (unpaired) electrons. The highest BCUT2D eigenvalue weighted by Crippen LogP contribution is 2.21. The average molecular weight is 281 g/mol. The molecule has 0 spiro atoms. The van der Waals surface area contributed by atoms with Crippen molar-refractivity contribution in [3.8, 4) is 5.75 Å². The topological polar surface area (TPSA) is 88.8 Å². The Hall–Kier alpha value is -2.28. The summed E-state index contributed by atoms with van der Waals surface area (Å²) in [5.74, 6) is -0.297. The SMILES string of the molecule is O=C(COc1csc(C(=O)O)c1)NCc1ccco1. The quantitative estimate of drug-likeness (QED) is 0.841. The zero-order valence-electron chi connectivity index (χ0n) is 9.79. The van der Waals surface area contributed by atoms with Crippen LogP contribution < -0.4 is 10.1 Å². The summed E-state index contributed by atoms with van der Waals surface area (Å²) in [4.78, 5) is 22.3. The molecule has 100 valence electrons. The van der Waals surface area contributed by atoms with E-state index in [0.717, 1.165) is 11.3 Å². The normalized spacial score (nSPS) is 10.1. The first-order valence-electron chi connectivity index (χ1n) is 5.39. The first-order chi connectivity index (χ1) is 9.15. The van der Waals surface area contributed by atoms with Crippen molar-refractivity contribution in [1.82, 2.24) is 5.32 Å². The van der Waals surface area contributed by atoms with Gasteiger partial charge in [0.15, 0.2) is 6.61 Å². The van der Waals surface area contributed by atoms with E-state index in [1.165, 1.54) is 12.3 Å². The van der Waals surface area contributed by atoms with Gasteiger partial charge in [-0.05, 0) is 12.1 Å². The Labute approximate surface area is 112 Å². The van der Waals surface area contributed by atoms with Gasteiger partial charge in [-0.3, -0.25) is 4.79 Å². The molecule has 0 aromatic carbocycles. The summed E-state index contributed by atoms with van der Waals surface area (Å²) in [5.41, 5.74) is 0. The van der Waals surface area contributed by atoms with E-state index in [4.69, 9.17) is 14.3 Å². The predicted molar refractivity (Wildman–Crippen MR) is 67.3 cm³/mol. The van der Waals surface area contributed by atoms with Crippen molar-refractivity contribution in [3.05, 3.63) is 40.5 Å². The van der Waals surface area contributed by atoms with Crippen LogP contribution in [0.15, 0.2) is 34.3 Å². The smallest absolute Gasteiger partial charge is 0.346 e. The summed E-state index contributed by atoms with van der Waals surface area (Å²) in [5, 5.41) is 12.9. The van der Waals surface area contributed by atoms with Gasteiger partial charge in [0.2, 0.25) is 0 Å². The van der Waals surface area contributed by atoms with Crippen LogP contribution in [0.1, 0.15) is 15.4 Å². The third kappa shape index (κ3) is 3.85. The standard InChI is InChI=1S/C12H11NO5S/c14-11(13-5-8-2-1-3-17-8)6-18-9-4-10(12(15)16)19-7-9/h1-4,7H,5-6H2,(H,13,14)(H,15,16). The Morgan fingerprint density at radius 1 is 1.47 bits per heavy atom. The minimum Gasteiger partial charge on any atom is -0.483 e. The second-order valence-electron chi connectivity index (χ2n) is 3.60. The highest BCUT2D eigenvalue weighted by Gasteiger charge is 2.09. The average Bonchev–Trinajstić information content (AvgIpc) is 3.05. The Balaban J connectivity index is 1.75. The van der Waals surface area contributed by atoms with E-state index in [9.17, 15) is 9.59 Å². The Morgan fingerprint density at radius 3 is 2.95 bits per heavy atom. The molecule has 0 unspecified atom stereocenters. The summed E-state index contributed by atoms with van der Waals surface area (Å²) in [6.07, 6.45) is 1.52. The highest BCUT2D eigenvalue weighted by atomic mass is 32.1. The van der Waals surface area contributed by atoms with Crippen molar-refractivity contribution in [2.45, 2.75) is 6.54 Å². The maximum atomic E-state index is 11.5. The molecule has 0 fully saturated rings. The number of furan rings is 1. The van der Waals surface area contributed by atoms with Crippen LogP contribution in [0.4, 0.5) is 0 Å². The van der Waals surface area contributed by atoms with Crippen LogP contribution in [0, 0.1) is 0 Å². The second-order valence-corrected chi connectivity index (χ2v) is 4.51. The third-order valence-electron chi connectivity index (χ3n) is 2.20. The molecule has 0 aliphatic rings. The van der Waals surface area contributed by atoms with E-state index in [-0.39, 0.29) is 17.4 Å². The van der Waals surface area contributed by atoms with Gasteiger partial charge >= 0.3 is 5.97 Å². The number of ether oxygens (including phenoxy) is 1. The van der Waals surface area contributed by atoms with Gasteiger partial charge in [0, 0.05) is 11.4 Å². The summed E-state index contributed by atoms with van der Waals surface area (Å²) >= 11 is 1.05. The molecule has 1 amide bonds. The molecular weight excluding hydrogens is 270 g/mol. The summed E-state index contributed by atoms with van der Waals surface area (Å²) in [6.45, 7) is 0.121. The Morgan fingerprint density at radius 2 is 2.32 bits per heavy atom. The fourth-order valence-corrected chi connectivity index (χ4v) is 1.97. The highest BCUT2D eigenvalue weighted by molar-refractivity contribution is 7.12. The number of thiophene rings is 1. The van der Waals surface area contributed by atoms with Crippen LogP contribution in [0.3, 0.4) is 0 Å². The van der Waals surface area contributed by atoms with Gasteiger partial charge in [0.25, 0.3) is 5.91 Å². The zero-order chi connectivity index (χ0) is 13.7. The largest absolute Gasteiger partial charge is 0.483 e. The maximum Gasteiger partial charge on any atom is 0.346 e. The number of carboxylic acids is 1. The molecule has 2 rings (SSSR count). The number of nitrogens with one attached hydrogen (secondary N) is 1. The summed E-state index contributed by atoms with van der Waals surface area (Å²) in [7, 11) is 0. The van der Waals surface area contributed by atoms with Crippen LogP contribution in [0.25, 0.3) is 0 Å². The predicted octanol–water partition coefficient (Wildman–Crippen LogP) is 1.73. The van der Waals surface area contributed by atoms with Crippen LogP contribution in [0.5, 0.6) is 5.75 Å². The fraction of sp³-hybridized carbons (Fsp3) is 0.167. The lowest BCUT2D eigenvalue weighted by Gasteiger charge is -2.04. The lowest BCUT2D eigenvalue weighted by atomic mass is 10.4. The number of hydrogen-bond acceptors (Lipinski definition) is 5. The zero-order valence-corrected chi connectivity index (χ0v) is 10.6. The van der Waals surface area contributed by atoms with Crippen LogP contribution in [-0.2, 0) is 11.3 Å². The summed E-state index contributed by atoms with van der Waals surface area (Å²) in [6, 6.07) is 4.86. The van der Waals surface area contributed by atoms with E-state index >= 15 is 0 Å². The van der Waals surface area contributed by atoms with Crippen molar-refractivity contribution in [2.24, 2.45) is 0 Å². The molecule has 0 aliphatic carbocycles. The van der Waals surface area contributed by atoms with Gasteiger partial charge < -0.3 is 19.6 Å². The molecule has 6 nitrogen and oxygen atoms in total. The van der Waals surface area contributed by atoms with Gasteiger partial charge in [0.1, 0.15) is 16.4 Å². The fourth-order valence-electron chi connectivity index (χ4n) is 1.31. The van der Waals surface area contributed by atoms with Crippen LogP contribution in [-0.4, -0.2) is 23.6 Å². The number of amides is 1. The van der Waals surface area contributed by atoms with E-state index in [0.29, 0.717) is 18.1 Å². The Kier molecular flexibility index (Phi) is 4.19. The molecule has 2 N–H and O–H groups in total. The number of carbonyl (C=O) groups excluding carboxylic acids is 1. The minimum atomic E-state index is -1.01. The van der Waals surface area contributed by atoms with Crippen LogP contribution >= 0.6 is 11.3 Å². The van der Waals surface area contributed by atoms with Gasteiger partial charge in [-0.25, -0.2) is 4.79 Å². The molecule has 2 aromatic rings. The van der Waals surface area contributed by atoms with Crippen molar-refractivity contribution < 1.29 is 23.8 Å². The van der Waals surface area contributed by atoms with Gasteiger partial charge in [-0.2, -0.15) is 0 Å². The van der Waals surface area contributed by atoms with Crippen molar-refractivity contribution >= 4 is 23.2 Å². The molecule has 2 heterocycles. The second kappa shape index (κ2) is 6.05. The molecule has 0 saturated carbocycles. The first-order valence-corrected chi connectivity index (χ1v) is 6.27. The number of hydrogen-bond donors (Lipinski definition) is 2.